The van der Waals surface area contributed by atoms with Crippen molar-refractivity contribution in [1.82, 2.24) is 0 Å². The van der Waals surface area contributed by atoms with Crippen LogP contribution in [0.4, 0.5) is 15.8 Å². The number of benzene rings is 2. The highest BCUT2D eigenvalue weighted by Gasteiger charge is 2.16. The lowest BCUT2D eigenvalue weighted by Crippen LogP contribution is -2.19. The van der Waals surface area contributed by atoms with Crippen molar-refractivity contribution in [2.75, 3.05) is 23.8 Å². The van der Waals surface area contributed by atoms with E-state index in [0.717, 1.165) is 19.4 Å². The summed E-state index contributed by atoms with van der Waals surface area (Å²) >= 11 is 0. The summed E-state index contributed by atoms with van der Waals surface area (Å²) in [6.45, 7) is 1.29. The molecule has 1 aliphatic heterocycles. The minimum atomic E-state index is -0.618. The molecule has 0 radical (unpaired) electrons. The SMILES string of the molecule is NC(=O)c1cccc(C(=O)Nc2ccc(NCC3CCCO3)c(F)c2)c1. The number of anilines is 2. The number of nitrogens with one attached hydrogen (secondary N) is 2. The molecule has 1 atom stereocenters. The van der Waals surface area contributed by atoms with E-state index in [1.54, 1.807) is 24.3 Å². The number of carbonyl (C=O) groups excluding carboxylic acids is 2. The number of hydrogen-bond acceptors (Lipinski definition) is 4. The average molecular weight is 357 g/mol. The summed E-state index contributed by atoms with van der Waals surface area (Å²) in [5, 5.41) is 5.63. The molecule has 0 bridgehead atoms. The summed E-state index contributed by atoms with van der Waals surface area (Å²) in [7, 11) is 0. The molecule has 2 amide bonds. The van der Waals surface area contributed by atoms with Gasteiger partial charge in [-0.05, 0) is 49.2 Å². The first-order chi connectivity index (χ1) is 12.5. The summed E-state index contributed by atoms with van der Waals surface area (Å²) in [5.74, 6) is -1.54. The van der Waals surface area contributed by atoms with E-state index in [0.29, 0.717) is 17.9 Å². The lowest BCUT2D eigenvalue weighted by atomic mass is 10.1. The topological polar surface area (TPSA) is 93.5 Å². The maximum Gasteiger partial charge on any atom is 0.255 e. The van der Waals surface area contributed by atoms with Crippen molar-refractivity contribution in [3.63, 3.8) is 0 Å². The molecule has 1 unspecified atom stereocenters. The van der Waals surface area contributed by atoms with Gasteiger partial charge in [-0.2, -0.15) is 0 Å². The molecule has 2 aromatic carbocycles. The monoisotopic (exact) mass is 357 g/mol. The van der Waals surface area contributed by atoms with E-state index in [-0.39, 0.29) is 17.2 Å². The minimum absolute atomic E-state index is 0.103. The van der Waals surface area contributed by atoms with Crippen LogP contribution in [0, 0.1) is 5.82 Å². The Labute approximate surface area is 150 Å². The molecular formula is C19H20FN3O3. The van der Waals surface area contributed by atoms with Crippen molar-refractivity contribution in [2.45, 2.75) is 18.9 Å². The third-order valence-electron chi connectivity index (χ3n) is 4.18. The van der Waals surface area contributed by atoms with Gasteiger partial charge < -0.3 is 21.1 Å². The van der Waals surface area contributed by atoms with Crippen LogP contribution < -0.4 is 16.4 Å². The quantitative estimate of drug-likeness (QED) is 0.741. The number of hydrogen-bond donors (Lipinski definition) is 3. The van der Waals surface area contributed by atoms with Crippen molar-refractivity contribution >= 4 is 23.2 Å². The van der Waals surface area contributed by atoms with Gasteiger partial charge in [-0.15, -0.1) is 0 Å². The molecule has 1 saturated heterocycles. The highest BCUT2D eigenvalue weighted by molar-refractivity contribution is 6.06. The van der Waals surface area contributed by atoms with Crippen molar-refractivity contribution < 1.29 is 18.7 Å². The zero-order valence-electron chi connectivity index (χ0n) is 14.1. The lowest BCUT2D eigenvalue weighted by Gasteiger charge is -2.13. The van der Waals surface area contributed by atoms with E-state index in [2.05, 4.69) is 10.6 Å². The van der Waals surface area contributed by atoms with Crippen LogP contribution in [0.1, 0.15) is 33.6 Å². The summed E-state index contributed by atoms with van der Waals surface area (Å²) in [6, 6.07) is 10.5. The van der Waals surface area contributed by atoms with Gasteiger partial charge in [-0.1, -0.05) is 6.07 Å². The van der Waals surface area contributed by atoms with E-state index in [1.165, 1.54) is 18.2 Å². The fourth-order valence-corrected chi connectivity index (χ4v) is 2.78. The molecule has 4 N–H and O–H groups in total. The predicted octanol–water partition coefficient (Wildman–Crippen LogP) is 2.77. The number of halogens is 1. The van der Waals surface area contributed by atoms with Gasteiger partial charge in [0, 0.05) is 30.0 Å². The van der Waals surface area contributed by atoms with E-state index in [4.69, 9.17) is 10.5 Å². The summed E-state index contributed by atoms with van der Waals surface area (Å²) in [4.78, 5) is 23.5. The molecule has 1 aliphatic rings. The average Bonchev–Trinajstić information content (AvgIpc) is 3.14. The van der Waals surface area contributed by atoms with Crippen LogP contribution in [0.25, 0.3) is 0 Å². The fourth-order valence-electron chi connectivity index (χ4n) is 2.78. The summed E-state index contributed by atoms with van der Waals surface area (Å²) < 4.78 is 19.7. The second-order valence-corrected chi connectivity index (χ2v) is 6.11. The Balaban J connectivity index is 1.64. The van der Waals surface area contributed by atoms with Crippen LogP contribution in [-0.4, -0.2) is 31.1 Å². The number of ether oxygens (including phenoxy) is 1. The third-order valence-corrected chi connectivity index (χ3v) is 4.18. The molecule has 2 aromatic rings. The van der Waals surface area contributed by atoms with Crippen molar-refractivity contribution in [2.24, 2.45) is 5.73 Å². The maximum absolute atomic E-state index is 14.2. The maximum atomic E-state index is 14.2. The number of rotatable bonds is 6. The molecule has 1 heterocycles. The van der Waals surface area contributed by atoms with Gasteiger partial charge in [-0.25, -0.2) is 4.39 Å². The molecule has 6 nitrogen and oxygen atoms in total. The van der Waals surface area contributed by atoms with Gasteiger partial charge in [0.1, 0.15) is 5.82 Å². The van der Waals surface area contributed by atoms with Crippen LogP contribution in [0.2, 0.25) is 0 Å². The van der Waals surface area contributed by atoms with Crippen LogP contribution in [-0.2, 0) is 4.74 Å². The molecular weight excluding hydrogens is 337 g/mol. The molecule has 136 valence electrons. The Kier molecular flexibility index (Phi) is 5.48. The predicted molar refractivity (Wildman–Crippen MR) is 96.8 cm³/mol. The van der Waals surface area contributed by atoms with Crippen LogP contribution >= 0.6 is 0 Å². The number of nitrogens with two attached hydrogens (primary N) is 1. The molecule has 0 spiro atoms. The first-order valence-corrected chi connectivity index (χ1v) is 8.39. The zero-order valence-corrected chi connectivity index (χ0v) is 14.1. The fraction of sp³-hybridized carbons (Fsp3) is 0.263. The van der Waals surface area contributed by atoms with Crippen molar-refractivity contribution in [3.8, 4) is 0 Å². The van der Waals surface area contributed by atoms with Gasteiger partial charge in [0.15, 0.2) is 0 Å². The van der Waals surface area contributed by atoms with Gasteiger partial charge in [0.25, 0.3) is 5.91 Å². The second kappa shape index (κ2) is 7.97. The van der Waals surface area contributed by atoms with Crippen LogP contribution in [0.3, 0.4) is 0 Å². The van der Waals surface area contributed by atoms with E-state index < -0.39 is 17.6 Å². The third kappa shape index (κ3) is 4.37. The number of carbonyl (C=O) groups is 2. The van der Waals surface area contributed by atoms with Gasteiger partial charge in [0.05, 0.1) is 11.8 Å². The van der Waals surface area contributed by atoms with Crippen molar-refractivity contribution in [3.05, 3.63) is 59.4 Å². The van der Waals surface area contributed by atoms with Gasteiger partial charge in [0.2, 0.25) is 5.91 Å². The van der Waals surface area contributed by atoms with Crippen LogP contribution in [0.15, 0.2) is 42.5 Å². The van der Waals surface area contributed by atoms with Crippen molar-refractivity contribution in [1.29, 1.82) is 0 Å². The zero-order chi connectivity index (χ0) is 18.5. The summed E-state index contributed by atoms with van der Waals surface area (Å²) in [5.41, 5.74) is 6.38. The molecule has 0 aliphatic carbocycles. The molecule has 0 aromatic heterocycles. The smallest absolute Gasteiger partial charge is 0.255 e. The van der Waals surface area contributed by atoms with Gasteiger partial charge >= 0.3 is 0 Å². The van der Waals surface area contributed by atoms with Gasteiger partial charge in [-0.3, -0.25) is 9.59 Å². The largest absolute Gasteiger partial charge is 0.380 e. The summed E-state index contributed by atoms with van der Waals surface area (Å²) in [6.07, 6.45) is 2.09. The van der Waals surface area contributed by atoms with E-state index in [9.17, 15) is 14.0 Å². The Morgan fingerprint density at radius 1 is 1.19 bits per heavy atom. The highest BCUT2D eigenvalue weighted by Crippen LogP contribution is 2.21. The molecule has 7 heteroatoms. The van der Waals surface area contributed by atoms with E-state index >= 15 is 0 Å². The number of amides is 2. The first kappa shape index (κ1) is 17.9. The Morgan fingerprint density at radius 3 is 2.69 bits per heavy atom. The highest BCUT2D eigenvalue weighted by atomic mass is 19.1. The standard InChI is InChI=1S/C19H20FN3O3/c20-16-10-14(6-7-17(16)22-11-15-5-2-8-26-15)23-19(25)13-4-1-3-12(9-13)18(21)24/h1,3-4,6-7,9-10,15,22H,2,5,8,11H2,(H2,21,24)(H,23,25). The Bertz CT molecular complexity index is 819. The molecule has 0 saturated carbocycles. The molecule has 26 heavy (non-hydrogen) atoms. The second-order valence-electron chi connectivity index (χ2n) is 6.11. The normalized spacial score (nSPS) is 16.3. The van der Waals surface area contributed by atoms with Crippen LogP contribution in [0.5, 0.6) is 0 Å². The first-order valence-electron chi connectivity index (χ1n) is 8.39. The number of primary amides is 1. The molecule has 1 fully saturated rings. The Hall–Kier alpha value is -2.93. The minimum Gasteiger partial charge on any atom is -0.380 e. The van der Waals surface area contributed by atoms with E-state index in [1.807, 2.05) is 0 Å². The molecule has 3 rings (SSSR count). The lowest BCUT2D eigenvalue weighted by molar-refractivity contribution is 0.1000. The Morgan fingerprint density at radius 2 is 2.00 bits per heavy atom.